The second kappa shape index (κ2) is 7.05. The van der Waals surface area contributed by atoms with Gasteiger partial charge in [-0.05, 0) is 23.1 Å². The quantitative estimate of drug-likeness (QED) is 0.293. The molecule has 22 heavy (non-hydrogen) atoms. The minimum Gasteiger partial charge on any atom is -0.624 e. The molecule has 0 N–H and O–H groups in total. The molecule has 0 radical (unpaired) electrons. The van der Waals surface area contributed by atoms with E-state index in [1.807, 2.05) is 54.6 Å². The number of benzene rings is 2. The van der Waals surface area contributed by atoms with Gasteiger partial charge in [-0.15, -0.1) is 11.3 Å². The molecule has 0 spiro atoms. The molecule has 0 fully saturated rings. The highest BCUT2D eigenvalue weighted by Crippen LogP contribution is 2.26. The Morgan fingerprint density at radius 1 is 0.909 bits per heavy atom. The van der Waals surface area contributed by atoms with Crippen molar-refractivity contribution in [2.24, 2.45) is 0 Å². The molecule has 0 aliphatic rings. The molecule has 3 rings (SSSR count). The lowest BCUT2D eigenvalue weighted by atomic mass is 10.1. The first-order valence-electron chi connectivity index (χ1n) is 7.28. The van der Waals surface area contributed by atoms with Crippen molar-refractivity contribution in [3.8, 4) is 10.4 Å². The minimum atomic E-state index is 0.461. The monoisotopic (exact) mass is 307 g/mol. The van der Waals surface area contributed by atoms with Crippen LogP contribution in [0.4, 0.5) is 0 Å². The first kappa shape index (κ1) is 14.5. The highest BCUT2D eigenvalue weighted by Gasteiger charge is 2.06. The van der Waals surface area contributed by atoms with Crippen LogP contribution >= 0.6 is 11.3 Å². The zero-order valence-corrected chi connectivity index (χ0v) is 13.0. The van der Waals surface area contributed by atoms with Crippen molar-refractivity contribution in [3.63, 3.8) is 0 Å². The van der Waals surface area contributed by atoms with E-state index in [9.17, 15) is 5.21 Å². The average Bonchev–Trinajstić information content (AvgIpc) is 3.09. The summed E-state index contributed by atoms with van der Waals surface area (Å²) in [5, 5.41) is 14.2. The molecule has 0 unspecified atom stereocenters. The van der Waals surface area contributed by atoms with E-state index in [4.69, 9.17) is 0 Å². The van der Waals surface area contributed by atoms with Crippen LogP contribution in [0.25, 0.3) is 10.4 Å². The Bertz CT molecular complexity index is 748. The maximum atomic E-state index is 12.2. The molecule has 0 bridgehead atoms. The van der Waals surface area contributed by atoms with Crippen LogP contribution in [-0.4, -0.2) is 17.5 Å². The molecule has 0 atom stereocenters. The van der Waals surface area contributed by atoms with Crippen LogP contribution in [0, 0.1) is 5.21 Å². The van der Waals surface area contributed by atoms with E-state index in [-0.39, 0.29) is 0 Å². The predicted molar refractivity (Wildman–Crippen MR) is 93.6 cm³/mol. The van der Waals surface area contributed by atoms with Gasteiger partial charge in [0, 0.05) is 22.4 Å². The van der Waals surface area contributed by atoms with Gasteiger partial charge >= 0.3 is 0 Å². The second-order valence-electron chi connectivity index (χ2n) is 5.07. The Labute approximate surface area is 134 Å². The molecule has 3 aromatic rings. The lowest BCUT2D eigenvalue weighted by Gasteiger charge is -2.06. The normalized spacial score (nSPS) is 11.5. The summed E-state index contributed by atoms with van der Waals surface area (Å²) >= 11 is 1.69. The fraction of sp³-hybridized carbons (Fsp3) is 0.105. The highest BCUT2D eigenvalue weighted by molar-refractivity contribution is 7.13. The molecule has 0 saturated carbocycles. The first-order valence-corrected chi connectivity index (χ1v) is 8.16. The standard InChI is InChI=1S/C19H17NOS/c21-20(13-12-16-7-2-1-3-8-16)15-17-9-4-5-10-18(17)19-11-6-14-22-19/h1-11,14-15H,12-13H2/b20-15-. The molecule has 0 saturated heterocycles. The SMILES string of the molecule is [O-]/[N+](=C\c1ccccc1-c1cccs1)CCc1ccccc1. The molecule has 0 amide bonds. The minimum absolute atomic E-state index is 0.461. The fourth-order valence-corrected chi connectivity index (χ4v) is 3.14. The number of thiophene rings is 1. The topological polar surface area (TPSA) is 26.1 Å². The van der Waals surface area contributed by atoms with E-state index in [0.717, 1.165) is 22.3 Å². The van der Waals surface area contributed by atoms with Crippen molar-refractivity contribution in [1.29, 1.82) is 0 Å². The first-order chi connectivity index (χ1) is 10.8. The molecule has 2 nitrogen and oxygen atoms in total. The molecular formula is C19H17NOS. The van der Waals surface area contributed by atoms with Crippen LogP contribution in [0.1, 0.15) is 11.1 Å². The Balaban J connectivity index is 1.77. The summed E-state index contributed by atoms with van der Waals surface area (Å²) in [5.41, 5.74) is 3.26. The summed E-state index contributed by atoms with van der Waals surface area (Å²) in [6.45, 7) is 0.461. The van der Waals surface area contributed by atoms with Gasteiger partial charge in [0.15, 0.2) is 12.8 Å². The zero-order valence-electron chi connectivity index (χ0n) is 12.2. The van der Waals surface area contributed by atoms with E-state index < -0.39 is 0 Å². The maximum absolute atomic E-state index is 12.2. The van der Waals surface area contributed by atoms with Crippen LogP contribution in [-0.2, 0) is 6.42 Å². The summed E-state index contributed by atoms with van der Waals surface area (Å²) in [6, 6.07) is 22.2. The Morgan fingerprint density at radius 3 is 2.45 bits per heavy atom. The van der Waals surface area contributed by atoms with Gasteiger partial charge < -0.3 is 5.21 Å². The van der Waals surface area contributed by atoms with E-state index in [0.29, 0.717) is 6.54 Å². The molecule has 1 aromatic heterocycles. The molecule has 2 aromatic carbocycles. The summed E-state index contributed by atoms with van der Waals surface area (Å²) in [5.74, 6) is 0. The van der Waals surface area contributed by atoms with Crippen molar-refractivity contribution < 1.29 is 4.74 Å². The van der Waals surface area contributed by atoms with Crippen molar-refractivity contribution in [2.75, 3.05) is 6.54 Å². The lowest BCUT2D eigenvalue weighted by Crippen LogP contribution is -2.10. The van der Waals surface area contributed by atoms with Crippen LogP contribution in [0.5, 0.6) is 0 Å². The molecular weight excluding hydrogens is 290 g/mol. The third-order valence-electron chi connectivity index (χ3n) is 3.49. The van der Waals surface area contributed by atoms with Crippen molar-refractivity contribution in [3.05, 3.63) is 88.4 Å². The number of hydroxylamine groups is 1. The summed E-state index contributed by atoms with van der Waals surface area (Å²) < 4.78 is 1.03. The Morgan fingerprint density at radius 2 is 1.68 bits per heavy atom. The summed E-state index contributed by atoms with van der Waals surface area (Å²) in [6.07, 6.45) is 2.44. The van der Waals surface area contributed by atoms with Gasteiger partial charge in [-0.25, -0.2) is 4.74 Å². The Hall–Kier alpha value is -2.39. The molecule has 110 valence electrons. The van der Waals surface area contributed by atoms with Crippen LogP contribution in [0.3, 0.4) is 0 Å². The smallest absolute Gasteiger partial charge is 0.182 e. The number of rotatable bonds is 5. The van der Waals surface area contributed by atoms with Gasteiger partial charge in [0.2, 0.25) is 0 Å². The molecule has 3 heteroatoms. The van der Waals surface area contributed by atoms with E-state index in [1.54, 1.807) is 17.6 Å². The van der Waals surface area contributed by atoms with Gasteiger partial charge in [0.05, 0.1) is 0 Å². The van der Waals surface area contributed by atoms with Gasteiger partial charge in [0.25, 0.3) is 0 Å². The van der Waals surface area contributed by atoms with Crippen molar-refractivity contribution in [2.45, 2.75) is 6.42 Å². The van der Waals surface area contributed by atoms with Gasteiger partial charge in [-0.1, -0.05) is 54.6 Å². The van der Waals surface area contributed by atoms with Gasteiger partial charge in [0.1, 0.15) is 0 Å². The third kappa shape index (κ3) is 3.62. The Kier molecular flexibility index (Phi) is 4.66. The molecule has 0 aliphatic carbocycles. The van der Waals surface area contributed by atoms with Crippen molar-refractivity contribution in [1.82, 2.24) is 0 Å². The van der Waals surface area contributed by atoms with E-state index in [1.165, 1.54) is 10.4 Å². The predicted octanol–water partition coefficient (Wildman–Crippen LogP) is 4.59. The lowest BCUT2D eigenvalue weighted by molar-refractivity contribution is -0.451. The van der Waals surface area contributed by atoms with Crippen molar-refractivity contribution >= 4 is 17.6 Å². The van der Waals surface area contributed by atoms with Gasteiger partial charge in [-0.2, -0.15) is 0 Å². The summed E-state index contributed by atoms with van der Waals surface area (Å²) in [7, 11) is 0. The van der Waals surface area contributed by atoms with Crippen LogP contribution < -0.4 is 0 Å². The number of hydrogen-bond acceptors (Lipinski definition) is 2. The number of nitrogens with zero attached hydrogens (tertiary/aromatic N) is 1. The third-order valence-corrected chi connectivity index (χ3v) is 4.40. The van der Waals surface area contributed by atoms with E-state index in [2.05, 4.69) is 17.5 Å². The summed E-state index contributed by atoms with van der Waals surface area (Å²) in [4.78, 5) is 1.18. The zero-order chi connectivity index (χ0) is 15.2. The van der Waals surface area contributed by atoms with E-state index >= 15 is 0 Å². The van der Waals surface area contributed by atoms with Gasteiger partial charge in [-0.3, -0.25) is 0 Å². The fourth-order valence-electron chi connectivity index (χ4n) is 2.37. The highest BCUT2D eigenvalue weighted by atomic mass is 32.1. The largest absolute Gasteiger partial charge is 0.624 e. The molecule has 1 heterocycles. The van der Waals surface area contributed by atoms with Crippen LogP contribution in [0.15, 0.2) is 72.1 Å². The second-order valence-corrected chi connectivity index (χ2v) is 6.02. The van der Waals surface area contributed by atoms with Crippen LogP contribution in [0.2, 0.25) is 0 Å². The maximum Gasteiger partial charge on any atom is 0.182 e. The number of hydrogen-bond donors (Lipinski definition) is 0. The molecule has 0 aliphatic heterocycles. The average molecular weight is 307 g/mol.